The monoisotopic (exact) mass is 254 g/mol. The van der Waals surface area contributed by atoms with Gasteiger partial charge in [0, 0.05) is 30.0 Å². The molecule has 1 saturated heterocycles. The molecular formula is C9H12BrNO2. The summed E-state index contributed by atoms with van der Waals surface area (Å²) in [6.45, 7) is -6.54. The molecule has 13 heavy (non-hydrogen) atoms. The normalized spacial score (nSPS) is 47.5. The summed E-state index contributed by atoms with van der Waals surface area (Å²) >= 11 is 2.94. The number of hydrogen-bond acceptors (Lipinski definition) is 3. The fourth-order valence-electron chi connectivity index (χ4n) is 0.812. The van der Waals surface area contributed by atoms with Crippen LogP contribution in [0.2, 0.25) is 0 Å². The molecular weight excluding hydrogens is 234 g/mol. The lowest BCUT2D eigenvalue weighted by Gasteiger charge is -2.29. The molecule has 3 nitrogen and oxygen atoms in total. The van der Waals surface area contributed by atoms with Crippen molar-refractivity contribution in [3.8, 4) is 0 Å². The van der Waals surface area contributed by atoms with E-state index in [0.717, 1.165) is 6.07 Å². The highest BCUT2D eigenvalue weighted by atomic mass is 79.9. The maximum Gasteiger partial charge on any atom is 0.196 e. The molecule has 1 N–H and O–H groups in total. The van der Waals surface area contributed by atoms with Crippen LogP contribution in [0.3, 0.4) is 0 Å². The lowest BCUT2D eigenvalue weighted by molar-refractivity contribution is 0.144. The number of anilines is 1. The van der Waals surface area contributed by atoms with Gasteiger partial charge in [0.15, 0.2) is 10.6 Å². The topological polar surface area (TPSA) is 36.6 Å². The van der Waals surface area contributed by atoms with Gasteiger partial charge in [0.25, 0.3) is 0 Å². The van der Waals surface area contributed by atoms with Crippen LogP contribution in [0, 0.1) is 0 Å². The first-order valence-corrected chi connectivity index (χ1v) is 4.20. The summed E-state index contributed by atoms with van der Waals surface area (Å²) in [5.41, 5.74) is 0. The minimum atomic E-state index is -3.67. The Morgan fingerprint density at radius 2 is 2.31 bits per heavy atom. The van der Waals surface area contributed by atoms with Gasteiger partial charge in [-0.1, -0.05) is 0 Å². The summed E-state index contributed by atoms with van der Waals surface area (Å²) < 4.78 is 75.0. The number of nitrogens with zero attached hydrogens (tertiary/aromatic N) is 1. The number of halogens is 1. The number of furan rings is 1. The van der Waals surface area contributed by atoms with Crippen LogP contribution in [0.5, 0.6) is 0 Å². The summed E-state index contributed by atoms with van der Waals surface area (Å²) in [7, 11) is 0. The molecule has 2 heterocycles. The van der Waals surface area contributed by atoms with Gasteiger partial charge in [0.1, 0.15) is 0 Å². The molecule has 1 aliphatic heterocycles. The van der Waals surface area contributed by atoms with Gasteiger partial charge in [-0.05, 0) is 34.7 Å². The molecule has 1 aliphatic rings. The first-order chi connectivity index (χ1) is 9.62. The molecule has 1 aromatic heterocycles. The zero-order valence-electron chi connectivity index (χ0n) is 15.3. The largest absolute Gasteiger partial charge is 0.434 e. The van der Waals surface area contributed by atoms with Crippen molar-refractivity contribution in [1.29, 1.82) is 0 Å². The fraction of sp³-hybridized carbons (Fsp3) is 0.556. The van der Waals surface area contributed by atoms with Gasteiger partial charge in [-0.25, -0.2) is 0 Å². The van der Waals surface area contributed by atoms with Crippen LogP contribution in [0.25, 0.3) is 0 Å². The standard InChI is InChI=1S/C9H12BrNO2/c10-8-1-2-9(13-8)11-5-3-7(12)4-6-11/h1-2,7,12H,3-6H2/i3D2,4D2,5D2,6D2,7D. The Bertz CT molecular complexity index is 570. The lowest BCUT2D eigenvalue weighted by atomic mass is 10.1. The molecule has 0 radical (unpaired) electrons. The van der Waals surface area contributed by atoms with Gasteiger partial charge in [-0.3, -0.25) is 0 Å². The first kappa shape index (κ1) is 3.28. The Morgan fingerprint density at radius 3 is 2.85 bits per heavy atom. The zero-order valence-corrected chi connectivity index (χ0v) is 7.92. The van der Waals surface area contributed by atoms with Crippen LogP contribution in [-0.4, -0.2) is 24.2 Å². The molecule has 1 fully saturated rings. The number of rotatable bonds is 1. The Hall–Kier alpha value is -0.480. The Morgan fingerprint density at radius 1 is 1.62 bits per heavy atom. The van der Waals surface area contributed by atoms with Crippen molar-refractivity contribution in [3.05, 3.63) is 16.8 Å². The summed E-state index contributed by atoms with van der Waals surface area (Å²) in [4.78, 5) is 0.133. The molecule has 0 atom stereocenters. The van der Waals surface area contributed by atoms with Crippen molar-refractivity contribution in [2.24, 2.45) is 0 Å². The van der Waals surface area contributed by atoms with Crippen LogP contribution in [0.4, 0.5) is 5.88 Å². The molecule has 0 spiro atoms. The van der Waals surface area contributed by atoms with E-state index >= 15 is 0 Å². The first-order valence-electron chi connectivity index (χ1n) is 7.90. The second-order valence-electron chi connectivity index (χ2n) is 2.24. The molecule has 0 aliphatic carbocycles. The van der Waals surface area contributed by atoms with E-state index in [-0.39, 0.29) is 9.57 Å². The number of piperidine rings is 1. The third-order valence-corrected chi connectivity index (χ3v) is 1.78. The second kappa shape index (κ2) is 3.72. The number of aliphatic hydroxyl groups is 1. The SMILES string of the molecule is [2H]C1([2H])N(c2ccc(Br)o2)C([2H])([2H])C([2H])([2H])C([2H])(O)C1([2H])[2H]. The minimum Gasteiger partial charge on any atom is -0.434 e. The van der Waals surface area contributed by atoms with E-state index in [1.165, 1.54) is 6.07 Å². The molecule has 0 amide bonds. The predicted octanol–water partition coefficient (Wildman–Crippen LogP) is 2.00. The molecule has 1 aromatic rings. The smallest absolute Gasteiger partial charge is 0.196 e. The molecule has 0 aromatic carbocycles. The van der Waals surface area contributed by atoms with Gasteiger partial charge in [0.2, 0.25) is 0 Å². The molecule has 0 saturated carbocycles. The minimum absolute atomic E-state index is 0.0990. The maximum absolute atomic E-state index is 9.94. The van der Waals surface area contributed by atoms with Crippen molar-refractivity contribution < 1.29 is 21.9 Å². The van der Waals surface area contributed by atoms with Crippen LogP contribution in [0.15, 0.2) is 21.2 Å². The van der Waals surface area contributed by atoms with Crippen molar-refractivity contribution in [1.82, 2.24) is 0 Å². The highest BCUT2D eigenvalue weighted by Gasteiger charge is 2.18. The predicted molar refractivity (Wildman–Crippen MR) is 53.9 cm³/mol. The van der Waals surface area contributed by atoms with E-state index in [1.54, 1.807) is 0 Å². The zero-order chi connectivity index (χ0) is 17.4. The molecule has 2 rings (SSSR count). The molecule has 4 heteroatoms. The second-order valence-corrected chi connectivity index (χ2v) is 3.02. The Kier molecular flexibility index (Phi) is 0.937. The van der Waals surface area contributed by atoms with E-state index in [4.69, 9.17) is 16.8 Å². The van der Waals surface area contributed by atoms with Crippen molar-refractivity contribution >= 4 is 21.8 Å². The molecule has 72 valence electrons. The van der Waals surface area contributed by atoms with Gasteiger partial charge < -0.3 is 14.4 Å². The quantitative estimate of drug-likeness (QED) is 0.833. The van der Waals surface area contributed by atoms with E-state index in [2.05, 4.69) is 15.9 Å². The third kappa shape index (κ3) is 2.06. The third-order valence-electron chi connectivity index (χ3n) is 1.35. The van der Waals surface area contributed by atoms with E-state index in [9.17, 15) is 5.11 Å². The van der Waals surface area contributed by atoms with Crippen LogP contribution < -0.4 is 4.90 Å². The Balaban J connectivity index is 2.77. The average molecular weight is 255 g/mol. The van der Waals surface area contributed by atoms with E-state index in [0.29, 0.717) is 0 Å². The van der Waals surface area contributed by atoms with Gasteiger partial charge in [0.05, 0.1) is 7.45 Å². The summed E-state index contributed by atoms with van der Waals surface area (Å²) in [6.07, 6.45) is -10.6. The van der Waals surface area contributed by atoms with Crippen molar-refractivity contribution in [2.75, 3.05) is 17.9 Å². The maximum atomic E-state index is 9.94. The summed E-state index contributed by atoms with van der Waals surface area (Å²) in [5, 5.41) is 9.94. The number of hydrogen-bond donors (Lipinski definition) is 1. The van der Waals surface area contributed by atoms with E-state index < -0.39 is 37.7 Å². The Labute approximate surface area is 98.1 Å². The average Bonchev–Trinajstić information content (AvgIpc) is 2.72. The van der Waals surface area contributed by atoms with Gasteiger partial charge in [-0.15, -0.1) is 0 Å². The van der Waals surface area contributed by atoms with Gasteiger partial charge >= 0.3 is 0 Å². The summed E-state index contributed by atoms with van der Waals surface area (Å²) in [6, 6.07) is 2.42. The van der Waals surface area contributed by atoms with Gasteiger partial charge in [-0.2, -0.15) is 0 Å². The van der Waals surface area contributed by atoms with Crippen LogP contribution >= 0.6 is 15.9 Å². The molecule has 0 unspecified atom stereocenters. The van der Waals surface area contributed by atoms with Crippen molar-refractivity contribution in [3.63, 3.8) is 0 Å². The molecule has 0 bridgehead atoms. The fourth-order valence-corrected chi connectivity index (χ4v) is 1.11. The lowest BCUT2D eigenvalue weighted by Crippen LogP contribution is -2.35. The van der Waals surface area contributed by atoms with E-state index in [1.807, 2.05) is 0 Å². The van der Waals surface area contributed by atoms with Crippen LogP contribution in [-0.2, 0) is 0 Å². The highest BCUT2D eigenvalue weighted by Crippen LogP contribution is 2.25. The van der Waals surface area contributed by atoms with Crippen molar-refractivity contribution in [2.45, 2.75) is 18.8 Å². The summed E-state index contributed by atoms with van der Waals surface area (Å²) in [5.74, 6) is -0.481. The van der Waals surface area contributed by atoms with Crippen LogP contribution in [0.1, 0.15) is 25.1 Å². The highest BCUT2D eigenvalue weighted by molar-refractivity contribution is 9.10.